The van der Waals surface area contributed by atoms with Crippen LogP contribution in [0.25, 0.3) is 0 Å². The van der Waals surface area contributed by atoms with Crippen LogP contribution >= 0.6 is 24.0 Å². The highest BCUT2D eigenvalue weighted by Crippen LogP contribution is 2.15. The van der Waals surface area contributed by atoms with Gasteiger partial charge in [-0.2, -0.15) is 0 Å². The summed E-state index contributed by atoms with van der Waals surface area (Å²) in [5.74, 6) is 1.76. The molecule has 2 saturated heterocycles. The Morgan fingerprint density at radius 3 is 2.55 bits per heavy atom. The number of nitrogens with one attached hydrogen (secondary N) is 2. The molecule has 0 aliphatic carbocycles. The number of guanidine groups is 1. The van der Waals surface area contributed by atoms with Crippen LogP contribution in [0.3, 0.4) is 0 Å². The number of likely N-dealkylation sites (tertiary alicyclic amines) is 2. The number of piperidine rings is 2. The molecule has 29 heavy (non-hydrogen) atoms. The first-order chi connectivity index (χ1) is 13.6. The molecule has 0 aromatic heterocycles. The number of unbranched alkanes of at least 4 members (excludes halogenated alkanes) is 1. The number of carbonyl (C=O) groups is 1. The van der Waals surface area contributed by atoms with E-state index in [1.807, 2.05) is 6.92 Å². The Labute approximate surface area is 194 Å². The molecule has 2 fully saturated rings. The first kappa shape index (κ1) is 26.3. The van der Waals surface area contributed by atoms with Crippen LogP contribution in [-0.2, 0) is 4.74 Å². The fourth-order valence-corrected chi connectivity index (χ4v) is 4.06. The van der Waals surface area contributed by atoms with E-state index in [1.54, 1.807) is 4.90 Å². The number of hydrogen-bond acceptors (Lipinski definition) is 4. The highest BCUT2D eigenvalue weighted by Gasteiger charge is 2.24. The molecule has 0 spiro atoms. The van der Waals surface area contributed by atoms with Gasteiger partial charge in [0.25, 0.3) is 0 Å². The van der Waals surface area contributed by atoms with Gasteiger partial charge in [-0.3, -0.25) is 4.99 Å². The largest absolute Gasteiger partial charge is 0.450 e. The maximum absolute atomic E-state index is 11.8. The first-order valence-corrected chi connectivity index (χ1v) is 11.3. The Bertz CT molecular complexity index is 484. The van der Waals surface area contributed by atoms with Crippen molar-refractivity contribution >= 4 is 36.0 Å². The molecular weight excluding hydrogens is 481 g/mol. The van der Waals surface area contributed by atoms with Crippen molar-refractivity contribution in [3.8, 4) is 0 Å². The van der Waals surface area contributed by atoms with Gasteiger partial charge in [0, 0.05) is 38.8 Å². The SMILES string of the molecule is CCNC(=NCCCCN1CCCC(C)C1)NC1CCN(C(=O)OCC)CC1.I. The van der Waals surface area contributed by atoms with Gasteiger partial charge >= 0.3 is 6.09 Å². The predicted octanol–water partition coefficient (Wildman–Crippen LogP) is 3.29. The summed E-state index contributed by atoms with van der Waals surface area (Å²) in [6, 6.07) is 0.360. The molecule has 7 nitrogen and oxygen atoms in total. The summed E-state index contributed by atoms with van der Waals surface area (Å²) < 4.78 is 5.09. The molecule has 2 N–H and O–H groups in total. The lowest BCUT2D eigenvalue weighted by molar-refractivity contribution is 0.0963. The second kappa shape index (κ2) is 15.1. The van der Waals surface area contributed by atoms with Crippen molar-refractivity contribution in [3.05, 3.63) is 0 Å². The highest BCUT2D eigenvalue weighted by atomic mass is 127. The topological polar surface area (TPSA) is 69.2 Å². The lowest BCUT2D eigenvalue weighted by atomic mass is 10.0. The van der Waals surface area contributed by atoms with E-state index < -0.39 is 0 Å². The molecule has 2 aliphatic rings. The molecule has 1 atom stereocenters. The third kappa shape index (κ3) is 10.2. The molecule has 1 amide bonds. The van der Waals surface area contributed by atoms with Gasteiger partial charge in [-0.1, -0.05) is 6.92 Å². The van der Waals surface area contributed by atoms with E-state index >= 15 is 0 Å². The van der Waals surface area contributed by atoms with E-state index in [9.17, 15) is 4.79 Å². The molecule has 0 aromatic carbocycles. The summed E-state index contributed by atoms with van der Waals surface area (Å²) in [7, 11) is 0. The average Bonchev–Trinajstić information content (AvgIpc) is 2.68. The monoisotopic (exact) mass is 523 g/mol. The number of aliphatic imine (C=N–C) groups is 1. The Balaban J connectivity index is 0.00000420. The number of hydrogen-bond donors (Lipinski definition) is 2. The number of ether oxygens (including phenoxy) is 1. The van der Waals surface area contributed by atoms with Gasteiger partial charge in [0.15, 0.2) is 5.96 Å². The third-order valence-corrected chi connectivity index (χ3v) is 5.60. The number of rotatable bonds is 8. The van der Waals surface area contributed by atoms with Crippen molar-refractivity contribution in [2.75, 3.05) is 52.4 Å². The lowest BCUT2D eigenvalue weighted by Crippen LogP contribution is -2.49. The molecule has 8 heteroatoms. The maximum Gasteiger partial charge on any atom is 0.409 e. The molecule has 0 aromatic rings. The van der Waals surface area contributed by atoms with Crippen LogP contribution in [0.4, 0.5) is 4.79 Å². The van der Waals surface area contributed by atoms with Crippen molar-refractivity contribution in [1.82, 2.24) is 20.4 Å². The zero-order chi connectivity index (χ0) is 20.2. The summed E-state index contributed by atoms with van der Waals surface area (Å²) in [5.41, 5.74) is 0. The minimum absolute atomic E-state index is 0. The molecule has 0 radical (unpaired) electrons. The van der Waals surface area contributed by atoms with Crippen LogP contribution in [0.15, 0.2) is 4.99 Å². The Hall–Kier alpha value is -0.770. The number of nitrogens with zero attached hydrogens (tertiary/aromatic N) is 3. The van der Waals surface area contributed by atoms with Crippen LogP contribution in [0.5, 0.6) is 0 Å². The van der Waals surface area contributed by atoms with Crippen molar-refractivity contribution in [3.63, 3.8) is 0 Å². The predicted molar refractivity (Wildman–Crippen MR) is 130 cm³/mol. The quantitative estimate of drug-likeness (QED) is 0.221. The smallest absolute Gasteiger partial charge is 0.409 e. The van der Waals surface area contributed by atoms with Gasteiger partial charge < -0.3 is 25.2 Å². The fraction of sp³-hybridized carbons (Fsp3) is 0.905. The fourth-order valence-electron chi connectivity index (χ4n) is 4.06. The molecule has 2 aliphatic heterocycles. The molecule has 0 saturated carbocycles. The summed E-state index contributed by atoms with van der Waals surface area (Å²) in [5, 5.41) is 6.90. The lowest BCUT2D eigenvalue weighted by Gasteiger charge is -2.32. The number of amides is 1. The van der Waals surface area contributed by atoms with Crippen LogP contribution in [0.1, 0.15) is 59.3 Å². The van der Waals surface area contributed by atoms with E-state index in [0.29, 0.717) is 12.6 Å². The zero-order valence-corrected chi connectivity index (χ0v) is 21.0. The molecular formula is C21H42IN5O2. The molecule has 170 valence electrons. The summed E-state index contributed by atoms with van der Waals surface area (Å²) in [6.45, 7) is 13.7. The minimum Gasteiger partial charge on any atom is -0.450 e. The van der Waals surface area contributed by atoms with Gasteiger partial charge in [0.2, 0.25) is 0 Å². The molecule has 0 bridgehead atoms. The van der Waals surface area contributed by atoms with Crippen LogP contribution in [-0.4, -0.2) is 80.3 Å². The highest BCUT2D eigenvalue weighted by molar-refractivity contribution is 14.0. The van der Waals surface area contributed by atoms with E-state index in [4.69, 9.17) is 9.73 Å². The van der Waals surface area contributed by atoms with Gasteiger partial charge in [0.1, 0.15) is 0 Å². The second-order valence-electron chi connectivity index (χ2n) is 8.12. The summed E-state index contributed by atoms with van der Waals surface area (Å²) in [4.78, 5) is 21.0. The second-order valence-corrected chi connectivity index (χ2v) is 8.12. The maximum atomic E-state index is 11.8. The number of halogens is 1. The van der Waals surface area contributed by atoms with Crippen molar-refractivity contribution < 1.29 is 9.53 Å². The van der Waals surface area contributed by atoms with Gasteiger partial charge in [-0.15, -0.1) is 24.0 Å². The zero-order valence-electron chi connectivity index (χ0n) is 18.6. The summed E-state index contributed by atoms with van der Waals surface area (Å²) >= 11 is 0. The van der Waals surface area contributed by atoms with E-state index in [-0.39, 0.29) is 30.1 Å². The molecule has 1 unspecified atom stereocenters. The van der Waals surface area contributed by atoms with Crippen molar-refractivity contribution in [1.29, 1.82) is 0 Å². The molecule has 2 heterocycles. The number of carbonyl (C=O) groups excluding carboxylic acids is 1. The Morgan fingerprint density at radius 2 is 1.90 bits per heavy atom. The third-order valence-electron chi connectivity index (χ3n) is 5.60. The van der Waals surface area contributed by atoms with Crippen LogP contribution in [0, 0.1) is 5.92 Å². The van der Waals surface area contributed by atoms with Crippen LogP contribution < -0.4 is 10.6 Å². The first-order valence-electron chi connectivity index (χ1n) is 11.3. The minimum atomic E-state index is -0.190. The Kier molecular flexibility index (Phi) is 13.7. The summed E-state index contributed by atoms with van der Waals surface area (Å²) in [6.07, 6.45) is 6.74. The van der Waals surface area contributed by atoms with Crippen LogP contribution in [0.2, 0.25) is 0 Å². The average molecular weight is 524 g/mol. The van der Waals surface area contributed by atoms with Gasteiger partial charge in [-0.05, 0) is 71.4 Å². The van der Waals surface area contributed by atoms with Gasteiger partial charge in [-0.25, -0.2) is 4.79 Å². The normalized spacial score (nSPS) is 21.4. The van der Waals surface area contributed by atoms with E-state index in [1.165, 1.54) is 38.9 Å². The standard InChI is InChI=1S/C21H41N5O2.HI/c1-4-22-20(23-12-6-7-13-25-14-8-9-18(3)17-25)24-19-10-15-26(16-11-19)21(27)28-5-2;/h18-19H,4-17H2,1-3H3,(H2,22,23,24);1H. The van der Waals surface area contributed by atoms with Gasteiger partial charge in [0.05, 0.1) is 6.61 Å². The molecule has 2 rings (SSSR count). The van der Waals surface area contributed by atoms with Crippen molar-refractivity contribution in [2.24, 2.45) is 10.9 Å². The Morgan fingerprint density at radius 1 is 1.14 bits per heavy atom. The van der Waals surface area contributed by atoms with E-state index in [2.05, 4.69) is 29.4 Å². The van der Waals surface area contributed by atoms with Crippen molar-refractivity contribution in [2.45, 2.75) is 65.3 Å². The van der Waals surface area contributed by atoms with E-state index in [0.717, 1.165) is 57.3 Å².